The smallest absolute Gasteiger partial charge is 0.241 e. The van der Waals surface area contributed by atoms with Crippen molar-refractivity contribution in [2.24, 2.45) is 5.92 Å². The molecule has 0 saturated carbocycles. The molecule has 1 heterocycles. The fourth-order valence-electron chi connectivity index (χ4n) is 2.98. The Morgan fingerprint density at radius 2 is 2.00 bits per heavy atom. The Morgan fingerprint density at radius 3 is 2.62 bits per heavy atom. The number of likely N-dealkylation sites (tertiary alicyclic amines) is 1. The molecule has 1 atom stereocenters. The van der Waals surface area contributed by atoms with Crippen molar-refractivity contribution < 1.29 is 4.79 Å². The molecular formula is C17H26Cl3N3O. The van der Waals surface area contributed by atoms with Gasteiger partial charge in [0.2, 0.25) is 5.91 Å². The summed E-state index contributed by atoms with van der Waals surface area (Å²) in [6, 6.07) is 5.08. The fourth-order valence-corrected chi connectivity index (χ4v) is 3.33. The highest BCUT2D eigenvalue weighted by Gasteiger charge is 2.26. The molecule has 0 radical (unpaired) electrons. The maximum Gasteiger partial charge on any atom is 0.241 e. The Labute approximate surface area is 160 Å². The first-order chi connectivity index (χ1) is 11.0. The minimum absolute atomic E-state index is 0. The lowest BCUT2D eigenvalue weighted by molar-refractivity contribution is -0.121. The van der Waals surface area contributed by atoms with Gasteiger partial charge in [0.1, 0.15) is 0 Å². The summed E-state index contributed by atoms with van der Waals surface area (Å²) in [5.41, 5.74) is 0.569. The molecule has 1 amide bonds. The molecule has 1 fully saturated rings. The lowest BCUT2D eigenvalue weighted by Gasteiger charge is -2.35. The Balaban J connectivity index is 0.00000288. The fraction of sp³-hybridized carbons (Fsp3) is 0.588. The van der Waals surface area contributed by atoms with Gasteiger partial charge in [-0.15, -0.1) is 12.4 Å². The number of piperidine rings is 1. The zero-order chi connectivity index (χ0) is 16.8. The number of hydrogen-bond donors (Lipinski definition) is 2. The number of benzene rings is 1. The van der Waals surface area contributed by atoms with Crippen molar-refractivity contribution in [3.8, 4) is 0 Å². The van der Waals surface area contributed by atoms with E-state index in [0.29, 0.717) is 15.7 Å². The van der Waals surface area contributed by atoms with Gasteiger partial charge in [0, 0.05) is 0 Å². The van der Waals surface area contributed by atoms with E-state index < -0.39 is 0 Å². The first-order valence-electron chi connectivity index (χ1n) is 8.16. The molecule has 0 aliphatic carbocycles. The third-order valence-corrected chi connectivity index (χ3v) is 5.41. The van der Waals surface area contributed by atoms with Crippen molar-refractivity contribution in [3.63, 3.8) is 0 Å². The van der Waals surface area contributed by atoms with Crippen LogP contribution < -0.4 is 10.6 Å². The van der Waals surface area contributed by atoms with Crippen LogP contribution in [-0.2, 0) is 4.79 Å². The number of hydrogen-bond acceptors (Lipinski definition) is 3. The van der Waals surface area contributed by atoms with Crippen molar-refractivity contribution in [1.29, 1.82) is 0 Å². The van der Waals surface area contributed by atoms with Gasteiger partial charge in [-0.25, -0.2) is 0 Å². The van der Waals surface area contributed by atoms with Crippen LogP contribution in [0.2, 0.25) is 10.0 Å². The summed E-state index contributed by atoms with van der Waals surface area (Å²) in [7, 11) is 1.99. The van der Waals surface area contributed by atoms with Crippen LogP contribution in [0.5, 0.6) is 0 Å². The van der Waals surface area contributed by atoms with Crippen molar-refractivity contribution in [2.45, 2.75) is 32.2 Å². The molecule has 0 bridgehead atoms. The van der Waals surface area contributed by atoms with Gasteiger partial charge in [0.05, 0.1) is 21.8 Å². The van der Waals surface area contributed by atoms with Crippen LogP contribution in [0.25, 0.3) is 0 Å². The summed E-state index contributed by atoms with van der Waals surface area (Å²) in [5.74, 6) is 0.721. The molecular weight excluding hydrogens is 369 g/mol. The third-order valence-electron chi connectivity index (χ3n) is 4.59. The molecule has 2 rings (SSSR count). The van der Waals surface area contributed by atoms with E-state index in [1.165, 1.54) is 6.42 Å². The second-order valence-electron chi connectivity index (χ2n) is 6.14. The van der Waals surface area contributed by atoms with E-state index in [1.807, 2.05) is 14.0 Å². The second-order valence-corrected chi connectivity index (χ2v) is 6.92. The van der Waals surface area contributed by atoms with Crippen LogP contribution in [0, 0.1) is 5.92 Å². The number of anilines is 1. The first-order valence-corrected chi connectivity index (χ1v) is 8.92. The van der Waals surface area contributed by atoms with E-state index in [4.69, 9.17) is 23.2 Å². The van der Waals surface area contributed by atoms with Gasteiger partial charge >= 0.3 is 0 Å². The first kappa shape index (κ1) is 21.5. The molecule has 1 aliphatic heterocycles. The topological polar surface area (TPSA) is 44.4 Å². The monoisotopic (exact) mass is 393 g/mol. The number of amides is 1. The minimum Gasteiger partial charge on any atom is -0.323 e. The summed E-state index contributed by atoms with van der Waals surface area (Å²) in [6.45, 7) is 4.94. The molecule has 0 spiro atoms. The summed E-state index contributed by atoms with van der Waals surface area (Å²) in [5, 5.41) is 6.93. The lowest BCUT2D eigenvalue weighted by Crippen LogP contribution is -2.46. The third kappa shape index (κ3) is 5.78. The van der Waals surface area contributed by atoms with Gasteiger partial charge in [0.25, 0.3) is 0 Å². The summed E-state index contributed by atoms with van der Waals surface area (Å²) in [4.78, 5) is 14.7. The van der Waals surface area contributed by atoms with Crippen LogP contribution in [0.1, 0.15) is 26.2 Å². The highest BCUT2D eigenvalue weighted by Crippen LogP contribution is 2.30. The van der Waals surface area contributed by atoms with Gasteiger partial charge in [-0.2, -0.15) is 0 Å². The number of carbonyl (C=O) groups is 1. The molecule has 7 heteroatoms. The zero-order valence-corrected chi connectivity index (χ0v) is 16.5. The van der Waals surface area contributed by atoms with Crippen LogP contribution in [0.3, 0.4) is 0 Å². The normalized spacial score (nSPS) is 17.2. The predicted octanol–water partition coefficient (Wildman–Crippen LogP) is 4.06. The molecule has 1 unspecified atom stereocenters. The SMILES string of the molecule is CNCCC1CCN(C(C)C(=O)Nc2cccc(Cl)c2Cl)CC1.Cl. The van der Waals surface area contributed by atoms with E-state index in [1.54, 1.807) is 18.2 Å². The number of nitrogens with one attached hydrogen (secondary N) is 2. The summed E-state index contributed by atoms with van der Waals surface area (Å²) in [6.07, 6.45) is 3.51. The molecule has 1 aromatic rings. The van der Waals surface area contributed by atoms with Crippen LogP contribution >= 0.6 is 35.6 Å². The second kappa shape index (κ2) is 10.5. The number of carbonyl (C=O) groups excluding carboxylic acids is 1. The number of nitrogens with zero attached hydrogens (tertiary/aromatic N) is 1. The van der Waals surface area contributed by atoms with Crippen molar-refractivity contribution in [1.82, 2.24) is 10.2 Å². The highest BCUT2D eigenvalue weighted by molar-refractivity contribution is 6.44. The molecule has 24 heavy (non-hydrogen) atoms. The Kier molecular flexibility index (Phi) is 9.39. The predicted molar refractivity (Wildman–Crippen MR) is 105 cm³/mol. The van der Waals surface area contributed by atoms with E-state index in [2.05, 4.69) is 15.5 Å². The summed E-state index contributed by atoms with van der Waals surface area (Å²) < 4.78 is 0. The van der Waals surface area contributed by atoms with Crippen molar-refractivity contribution in [2.75, 3.05) is 32.0 Å². The Hall–Kier alpha value is -0.520. The Morgan fingerprint density at radius 1 is 1.33 bits per heavy atom. The molecule has 1 aliphatic rings. The lowest BCUT2D eigenvalue weighted by atomic mass is 9.93. The summed E-state index contributed by atoms with van der Waals surface area (Å²) >= 11 is 12.1. The van der Waals surface area contributed by atoms with Crippen molar-refractivity contribution in [3.05, 3.63) is 28.2 Å². The van der Waals surface area contributed by atoms with Crippen LogP contribution in [-0.4, -0.2) is 43.5 Å². The largest absolute Gasteiger partial charge is 0.323 e. The maximum atomic E-state index is 12.5. The van der Waals surface area contributed by atoms with Gasteiger partial charge < -0.3 is 10.6 Å². The number of rotatable bonds is 6. The average molecular weight is 395 g/mol. The van der Waals surface area contributed by atoms with E-state index in [0.717, 1.165) is 38.4 Å². The van der Waals surface area contributed by atoms with Gasteiger partial charge in [-0.3, -0.25) is 9.69 Å². The Bertz CT molecular complexity index is 534. The van der Waals surface area contributed by atoms with Gasteiger partial charge in [0.15, 0.2) is 0 Å². The standard InChI is InChI=1S/C17H25Cl2N3O.ClH/c1-12(22-10-7-13(8-11-22)6-9-20-2)17(23)21-15-5-3-4-14(18)16(15)19;/h3-5,12-13,20H,6-11H2,1-2H3,(H,21,23);1H. The van der Waals surface area contributed by atoms with Gasteiger partial charge in [-0.05, 0) is 70.9 Å². The van der Waals surface area contributed by atoms with Gasteiger partial charge in [-0.1, -0.05) is 29.3 Å². The molecule has 2 N–H and O–H groups in total. The number of halogens is 3. The quantitative estimate of drug-likeness (QED) is 0.764. The van der Waals surface area contributed by atoms with Crippen molar-refractivity contribution >= 4 is 47.2 Å². The molecule has 136 valence electrons. The minimum atomic E-state index is -0.171. The van der Waals surface area contributed by atoms with E-state index >= 15 is 0 Å². The van der Waals surface area contributed by atoms with Crippen LogP contribution in [0.4, 0.5) is 5.69 Å². The molecule has 1 saturated heterocycles. The highest BCUT2D eigenvalue weighted by atomic mass is 35.5. The maximum absolute atomic E-state index is 12.5. The van der Waals surface area contributed by atoms with E-state index in [9.17, 15) is 4.79 Å². The van der Waals surface area contributed by atoms with E-state index in [-0.39, 0.29) is 24.4 Å². The zero-order valence-electron chi connectivity index (χ0n) is 14.1. The molecule has 1 aromatic carbocycles. The average Bonchev–Trinajstić information content (AvgIpc) is 2.57. The molecule has 0 aromatic heterocycles. The van der Waals surface area contributed by atoms with Crippen LogP contribution in [0.15, 0.2) is 18.2 Å². The molecule has 4 nitrogen and oxygen atoms in total.